The number of nitrogens with zero attached hydrogens (tertiary/aromatic N) is 1. The van der Waals surface area contributed by atoms with E-state index >= 15 is 0 Å². The van der Waals surface area contributed by atoms with Crippen LogP contribution in [0.4, 0.5) is 30.2 Å². The second-order valence-electron chi connectivity index (χ2n) is 3.86. The highest BCUT2D eigenvalue weighted by molar-refractivity contribution is 7.81. The summed E-state index contributed by atoms with van der Waals surface area (Å²) in [6, 6.07) is 7.16. The van der Waals surface area contributed by atoms with Gasteiger partial charge in [-0.25, -0.2) is 0 Å². The lowest BCUT2D eigenvalue weighted by Crippen LogP contribution is -2.10. The van der Waals surface area contributed by atoms with Gasteiger partial charge in [0.1, 0.15) is 10.7 Å². The Balaban J connectivity index is 2.11. The zero-order valence-corrected chi connectivity index (χ0v) is 10.9. The Morgan fingerprint density at radius 2 is 1.68 bits per heavy atom. The van der Waals surface area contributed by atoms with Crippen LogP contribution in [0.1, 0.15) is 5.69 Å². The molecule has 0 bridgehead atoms. The van der Waals surface area contributed by atoms with E-state index in [0.29, 0.717) is 11.4 Å². The van der Waals surface area contributed by atoms with Crippen LogP contribution in [0.2, 0.25) is 0 Å². The number of anilines is 3. The van der Waals surface area contributed by atoms with Gasteiger partial charge in [-0.05, 0) is 16.5 Å². The first-order valence-electron chi connectivity index (χ1n) is 5.23. The smallest absolute Gasteiger partial charge is 0.348 e. The van der Waals surface area contributed by atoms with Crippen LogP contribution in [0.25, 0.3) is 0 Å². The summed E-state index contributed by atoms with van der Waals surface area (Å²) in [7, 11) is -2.13. The van der Waals surface area contributed by atoms with Gasteiger partial charge in [0.2, 0.25) is 10.7 Å². The van der Waals surface area contributed by atoms with E-state index in [9.17, 15) is 13.2 Å². The fraction of sp³-hybridized carbons (Fsp3) is 0.0909. The van der Waals surface area contributed by atoms with Gasteiger partial charge in [-0.1, -0.05) is 24.4 Å². The average molecular weight is 302 g/mol. The molecule has 0 spiro atoms. The Kier molecular flexibility index (Phi) is 2.72. The van der Waals surface area contributed by atoms with E-state index in [0.717, 1.165) is 11.1 Å². The van der Waals surface area contributed by atoms with Crippen molar-refractivity contribution < 1.29 is 13.2 Å². The molecule has 2 aromatic rings. The van der Waals surface area contributed by atoms with Gasteiger partial charge in [0.15, 0.2) is 11.1 Å². The van der Waals surface area contributed by atoms with Crippen molar-refractivity contribution >= 4 is 44.9 Å². The molecular weight excluding hydrogens is 295 g/mol. The number of benzene rings is 1. The second-order valence-corrected chi connectivity index (χ2v) is 5.77. The summed E-state index contributed by atoms with van der Waals surface area (Å²) in [4.78, 5) is 0.197. The Morgan fingerprint density at radius 3 is 2.32 bits per heavy atom. The van der Waals surface area contributed by atoms with E-state index in [4.69, 9.17) is 12.2 Å². The first-order valence-corrected chi connectivity index (χ1v) is 6.89. The zero-order chi connectivity index (χ0) is 13.6. The average Bonchev–Trinajstić information content (AvgIpc) is 2.70. The van der Waals surface area contributed by atoms with Crippen molar-refractivity contribution in [1.82, 2.24) is 4.37 Å². The predicted octanol–water partition coefficient (Wildman–Crippen LogP) is 4.15. The molecular formula is C11H7F3N3S2+. The van der Waals surface area contributed by atoms with E-state index in [2.05, 4.69) is 15.0 Å². The SMILES string of the molecule is FC(F)(F)[s+]1cc2c(n1)C(=S)Nc1ccccc1N2. The monoisotopic (exact) mass is 302 g/mol. The number of fused-ring (bicyclic) bond motifs is 2. The standard InChI is InChI=1S/C11H6F3N3S2/c12-11(13,14)19-5-8-9(17-19)10(18)16-7-4-2-1-3-6(7)15-8/h1-5H,(H-,15,16,17,18)/p+1. The topological polar surface area (TPSA) is 37.0 Å². The number of rotatable bonds is 0. The number of para-hydroxylation sites is 2. The molecule has 98 valence electrons. The molecule has 2 N–H and O–H groups in total. The van der Waals surface area contributed by atoms with Gasteiger partial charge in [0, 0.05) is 0 Å². The molecule has 1 unspecified atom stereocenters. The fourth-order valence-corrected chi connectivity index (χ4v) is 3.13. The predicted molar refractivity (Wildman–Crippen MR) is 73.1 cm³/mol. The lowest BCUT2D eigenvalue weighted by Gasteiger charge is -2.06. The molecule has 1 aromatic carbocycles. The van der Waals surface area contributed by atoms with Crippen LogP contribution >= 0.6 is 22.9 Å². The molecule has 1 aromatic heterocycles. The molecule has 0 amide bonds. The van der Waals surface area contributed by atoms with E-state index in [1.165, 1.54) is 0 Å². The number of halogens is 3. The van der Waals surface area contributed by atoms with Crippen molar-refractivity contribution in [3.63, 3.8) is 0 Å². The highest BCUT2D eigenvalue weighted by atomic mass is 32.2. The van der Waals surface area contributed by atoms with Crippen molar-refractivity contribution in [3.05, 3.63) is 35.3 Å². The van der Waals surface area contributed by atoms with Crippen molar-refractivity contribution in [3.8, 4) is 0 Å². The summed E-state index contributed by atoms with van der Waals surface area (Å²) in [5, 5.41) is 6.92. The zero-order valence-electron chi connectivity index (χ0n) is 9.28. The Hall–Kier alpha value is -1.67. The minimum absolute atomic E-state index is 0.159. The van der Waals surface area contributed by atoms with Gasteiger partial charge < -0.3 is 10.6 Å². The molecule has 0 saturated heterocycles. The molecule has 2 heterocycles. The van der Waals surface area contributed by atoms with Crippen molar-refractivity contribution in [2.45, 2.75) is 5.51 Å². The quantitative estimate of drug-likeness (QED) is 0.566. The summed E-state index contributed by atoms with van der Waals surface area (Å²) in [5.74, 6) is 0. The second kappa shape index (κ2) is 4.17. The summed E-state index contributed by atoms with van der Waals surface area (Å²) in [6.45, 7) is 0. The summed E-state index contributed by atoms with van der Waals surface area (Å²) in [5.41, 5.74) is -2.51. The molecule has 1 aliphatic rings. The molecule has 1 atom stereocenters. The largest absolute Gasteiger partial charge is 0.622 e. The molecule has 0 radical (unpaired) electrons. The van der Waals surface area contributed by atoms with Gasteiger partial charge >= 0.3 is 5.51 Å². The summed E-state index contributed by atoms with van der Waals surface area (Å²) < 4.78 is 41.7. The molecule has 1 aliphatic heterocycles. The van der Waals surface area contributed by atoms with Crippen LogP contribution in [0, 0.1) is 0 Å². The molecule has 0 aliphatic carbocycles. The van der Waals surface area contributed by atoms with Crippen LogP contribution in [0.15, 0.2) is 29.6 Å². The van der Waals surface area contributed by atoms with Crippen LogP contribution in [0.3, 0.4) is 0 Å². The Labute approximate surface area is 114 Å². The van der Waals surface area contributed by atoms with Crippen LogP contribution in [-0.4, -0.2) is 9.36 Å². The third-order valence-electron chi connectivity index (χ3n) is 2.57. The van der Waals surface area contributed by atoms with Gasteiger partial charge in [-0.2, -0.15) is 0 Å². The van der Waals surface area contributed by atoms with Crippen LogP contribution in [-0.2, 0) is 5.51 Å². The maximum Gasteiger partial charge on any atom is 0.622 e. The van der Waals surface area contributed by atoms with E-state index in [-0.39, 0.29) is 10.7 Å². The third kappa shape index (κ3) is 2.17. The molecule has 19 heavy (non-hydrogen) atoms. The fourth-order valence-electron chi connectivity index (χ4n) is 1.74. The third-order valence-corrected chi connectivity index (χ3v) is 4.18. The normalized spacial score (nSPS) is 14.9. The number of hydrogen-bond acceptors (Lipinski definition) is 3. The van der Waals surface area contributed by atoms with Crippen LogP contribution < -0.4 is 10.6 Å². The number of nitrogens with one attached hydrogen (secondary N) is 2. The van der Waals surface area contributed by atoms with Crippen molar-refractivity contribution in [1.29, 1.82) is 0 Å². The van der Waals surface area contributed by atoms with Crippen molar-refractivity contribution in [2.75, 3.05) is 10.6 Å². The van der Waals surface area contributed by atoms with Crippen LogP contribution in [0.5, 0.6) is 0 Å². The molecule has 0 saturated carbocycles. The number of hydrogen-bond donors (Lipinski definition) is 2. The summed E-state index contributed by atoms with van der Waals surface area (Å²) in [6.07, 6.45) is 0. The molecule has 0 fully saturated rings. The van der Waals surface area contributed by atoms with Gasteiger partial charge in [-0.3, -0.25) is 0 Å². The molecule has 3 rings (SSSR count). The number of alkyl halides is 3. The number of aromatic nitrogens is 1. The number of thiocarbonyl (C=S) groups is 1. The minimum Gasteiger partial charge on any atom is -0.348 e. The van der Waals surface area contributed by atoms with Gasteiger partial charge in [-0.15, -0.1) is 13.2 Å². The first kappa shape index (κ1) is 12.4. The molecule has 8 heteroatoms. The van der Waals surface area contributed by atoms with Gasteiger partial charge in [0.25, 0.3) is 0 Å². The highest BCUT2D eigenvalue weighted by Gasteiger charge is 2.47. The maximum atomic E-state index is 12.7. The van der Waals surface area contributed by atoms with E-state index in [1.54, 1.807) is 18.2 Å². The lowest BCUT2D eigenvalue weighted by atomic mass is 10.2. The van der Waals surface area contributed by atoms with E-state index < -0.39 is 16.2 Å². The van der Waals surface area contributed by atoms with Gasteiger partial charge in [0.05, 0.1) is 11.4 Å². The Bertz CT molecular complexity index is 663. The van der Waals surface area contributed by atoms with E-state index in [1.807, 2.05) is 6.07 Å². The molecule has 3 nitrogen and oxygen atoms in total. The maximum absolute atomic E-state index is 12.7. The summed E-state index contributed by atoms with van der Waals surface area (Å²) >= 11 is 5.10. The Morgan fingerprint density at radius 1 is 1.05 bits per heavy atom. The minimum atomic E-state index is -4.37. The van der Waals surface area contributed by atoms with Crippen molar-refractivity contribution in [2.24, 2.45) is 0 Å². The first-order chi connectivity index (χ1) is 8.95. The lowest BCUT2D eigenvalue weighted by molar-refractivity contribution is -0.0878. The highest BCUT2D eigenvalue weighted by Crippen LogP contribution is 2.44.